The van der Waals surface area contributed by atoms with Gasteiger partial charge in [-0.25, -0.2) is 15.0 Å². The molecule has 0 aliphatic heterocycles. The van der Waals surface area contributed by atoms with Crippen LogP contribution in [-0.4, -0.2) is 55.8 Å². The molecule has 4 N–H and O–H groups in total. The number of aliphatic hydroxyl groups excluding tert-OH is 2. The predicted octanol–water partition coefficient (Wildman–Crippen LogP) is 0.846. The van der Waals surface area contributed by atoms with Crippen LogP contribution in [0.25, 0.3) is 11.2 Å². The Labute approximate surface area is 175 Å². The van der Waals surface area contributed by atoms with Gasteiger partial charge < -0.3 is 20.8 Å². The van der Waals surface area contributed by atoms with E-state index < -0.39 is 17.7 Å². The molecule has 1 aliphatic carbocycles. The molecule has 0 saturated heterocycles. The average molecular weight is 430 g/mol. The van der Waals surface area contributed by atoms with Crippen molar-refractivity contribution in [1.29, 1.82) is 0 Å². The molecule has 0 aromatic carbocycles. The summed E-state index contributed by atoms with van der Waals surface area (Å²) in [6.45, 7) is 0. The molecule has 0 bridgehead atoms. The van der Waals surface area contributed by atoms with E-state index in [0.717, 1.165) is 11.3 Å². The lowest BCUT2D eigenvalue weighted by Gasteiger charge is -2.26. The van der Waals surface area contributed by atoms with Gasteiger partial charge in [-0.2, -0.15) is 4.39 Å². The second kappa shape index (κ2) is 7.64. The van der Waals surface area contributed by atoms with Gasteiger partial charge >= 0.3 is 0 Å². The first kappa shape index (κ1) is 20.2. The summed E-state index contributed by atoms with van der Waals surface area (Å²) in [5.74, 6) is 5.78. The molecular formula is C19H19FN6O3S. The largest absolute Gasteiger partial charge is 0.387 e. The number of anilines is 1. The Balaban J connectivity index is 1.73. The van der Waals surface area contributed by atoms with Gasteiger partial charge in [0.1, 0.15) is 6.10 Å². The minimum atomic E-state index is -1.44. The van der Waals surface area contributed by atoms with Crippen LogP contribution in [0.1, 0.15) is 29.8 Å². The molecule has 3 heterocycles. The highest BCUT2D eigenvalue weighted by Gasteiger charge is 2.57. The van der Waals surface area contributed by atoms with Crippen molar-refractivity contribution in [2.75, 3.05) is 19.4 Å². The number of thiophene rings is 1. The molecule has 156 valence electrons. The van der Waals surface area contributed by atoms with Gasteiger partial charge in [-0.3, -0.25) is 9.36 Å². The van der Waals surface area contributed by atoms with E-state index in [1.54, 1.807) is 13.1 Å². The monoisotopic (exact) mass is 430 g/mol. The van der Waals surface area contributed by atoms with E-state index in [1.807, 2.05) is 0 Å². The lowest BCUT2D eigenvalue weighted by Crippen LogP contribution is -2.42. The average Bonchev–Trinajstić information content (AvgIpc) is 3.29. The van der Waals surface area contributed by atoms with Crippen molar-refractivity contribution < 1.29 is 19.4 Å². The zero-order valence-electron chi connectivity index (χ0n) is 16.2. The molecule has 1 aliphatic rings. The van der Waals surface area contributed by atoms with E-state index in [4.69, 9.17) is 0 Å². The maximum absolute atomic E-state index is 13.2. The maximum atomic E-state index is 13.2. The van der Waals surface area contributed by atoms with Gasteiger partial charge in [0.15, 0.2) is 28.3 Å². The van der Waals surface area contributed by atoms with Crippen LogP contribution in [0.15, 0.2) is 18.5 Å². The van der Waals surface area contributed by atoms with Crippen molar-refractivity contribution in [2.45, 2.75) is 25.2 Å². The maximum Gasteiger partial charge on any atom is 0.228 e. The first-order chi connectivity index (χ1) is 14.4. The summed E-state index contributed by atoms with van der Waals surface area (Å²) in [6, 6.07) is 2.88. The van der Waals surface area contributed by atoms with Crippen LogP contribution in [0.5, 0.6) is 0 Å². The van der Waals surface area contributed by atoms with Crippen LogP contribution < -0.4 is 10.6 Å². The van der Waals surface area contributed by atoms with E-state index in [0.29, 0.717) is 29.1 Å². The molecule has 2 atom stereocenters. The van der Waals surface area contributed by atoms with Gasteiger partial charge in [-0.15, -0.1) is 0 Å². The Kier molecular flexibility index (Phi) is 5.15. The van der Waals surface area contributed by atoms with E-state index in [1.165, 1.54) is 24.0 Å². The fraction of sp³-hybridized carbons (Fsp3) is 0.368. The molecule has 1 saturated carbocycles. The number of aromatic nitrogens is 4. The summed E-state index contributed by atoms with van der Waals surface area (Å²) in [7, 11) is 3.15. The summed E-state index contributed by atoms with van der Waals surface area (Å²) in [5, 5.41) is 26.6. The lowest BCUT2D eigenvalue weighted by molar-refractivity contribution is -0.137. The second-order valence-corrected chi connectivity index (χ2v) is 7.95. The van der Waals surface area contributed by atoms with Gasteiger partial charge in [-0.05, 0) is 36.8 Å². The standard InChI is InChI=1S/C19H19FN6O3S/c1-21-15-13-16(25-12(24-15)6-4-10-3-5-11(20)30-10)26(9-23-13)17(28)14(27)19(7-8-19)18(29)22-2/h3,5,9,14,17,27-28H,7-8H2,1-2H3,(H,22,29)(H,21,24,25)/t14?,17-/m1/s1. The number of fused-ring (bicyclic) bond motifs is 1. The number of rotatable bonds is 5. The third kappa shape index (κ3) is 3.39. The third-order valence-corrected chi connectivity index (χ3v) is 5.92. The van der Waals surface area contributed by atoms with Crippen LogP contribution in [0.2, 0.25) is 0 Å². The molecule has 30 heavy (non-hydrogen) atoms. The Morgan fingerprint density at radius 3 is 2.67 bits per heavy atom. The van der Waals surface area contributed by atoms with Crippen LogP contribution in [0.3, 0.4) is 0 Å². The highest BCUT2D eigenvalue weighted by atomic mass is 32.1. The molecule has 1 amide bonds. The minimum Gasteiger partial charge on any atom is -0.387 e. The molecule has 1 unspecified atom stereocenters. The van der Waals surface area contributed by atoms with Crippen LogP contribution in [0, 0.1) is 22.4 Å². The third-order valence-electron chi connectivity index (χ3n) is 5.13. The fourth-order valence-corrected chi connectivity index (χ4v) is 3.90. The van der Waals surface area contributed by atoms with Gasteiger partial charge in [0.2, 0.25) is 11.7 Å². The number of hydrogen-bond donors (Lipinski definition) is 4. The number of carbonyl (C=O) groups is 1. The number of amides is 1. The lowest BCUT2D eigenvalue weighted by atomic mass is 9.96. The molecule has 3 aromatic heterocycles. The molecule has 0 radical (unpaired) electrons. The molecule has 0 spiro atoms. The first-order valence-electron chi connectivity index (χ1n) is 9.17. The van der Waals surface area contributed by atoms with E-state index >= 15 is 0 Å². The Morgan fingerprint density at radius 2 is 2.07 bits per heavy atom. The van der Waals surface area contributed by atoms with Gasteiger partial charge in [0.25, 0.3) is 0 Å². The predicted molar refractivity (Wildman–Crippen MR) is 108 cm³/mol. The Bertz CT molecular complexity index is 1180. The topological polar surface area (TPSA) is 125 Å². The van der Waals surface area contributed by atoms with E-state index in [9.17, 15) is 19.4 Å². The van der Waals surface area contributed by atoms with E-state index in [-0.39, 0.29) is 22.5 Å². The van der Waals surface area contributed by atoms with Crippen LogP contribution in [0.4, 0.5) is 10.2 Å². The van der Waals surface area contributed by atoms with Crippen molar-refractivity contribution in [1.82, 2.24) is 24.8 Å². The molecular weight excluding hydrogens is 411 g/mol. The minimum absolute atomic E-state index is 0.136. The quantitative estimate of drug-likeness (QED) is 0.442. The zero-order chi connectivity index (χ0) is 21.5. The van der Waals surface area contributed by atoms with Gasteiger partial charge in [0, 0.05) is 14.1 Å². The Hall–Kier alpha value is -3.07. The summed E-state index contributed by atoms with van der Waals surface area (Å²) >= 11 is 0.909. The molecule has 3 aromatic rings. The van der Waals surface area contributed by atoms with Crippen LogP contribution >= 0.6 is 11.3 Å². The molecule has 1 fully saturated rings. The number of carbonyl (C=O) groups excluding carboxylic acids is 1. The van der Waals surface area contributed by atoms with E-state index in [2.05, 4.69) is 37.4 Å². The number of nitrogens with one attached hydrogen (secondary N) is 2. The molecule has 9 nitrogen and oxygen atoms in total. The van der Waals surface area contributed by atoms with Gasteiger partial charge in [-0.1, -0.05) is 11.3 Å². The van der Waals surface area contributed by atoms with Crippen molar-refractivity contribution >= 4 is 34.2 Å². The second-order valence-electron chi connectivity index (χ2n) is 6.92. The smallest absolute Gasteiger partial charge is 0.228 e. The summed E-state index contributed by atoms with van der Waals surface area (Å²) in [6.07, 6.45) is -0.502. The highest BCUT2D eigenvalue weighted by Crippen LogP contribution is 2.51. The number of nitrogens with zero attached hydrogens (tertiary/aromatic N) is 4. The molecule has 11 heteroatoms. The summed E-state index contributed by atoms with van der Waals surface area (Å²) in [4.78, 5) is 25.6. The SMILES string of the molecule is CNC(=O)C1(C(O)[C@@H](O)n2cnc3c(NC)nc(C#Cc4ccc(F)s4)nc32)CC1. The highest BCUT2D eigenvalue weighted by molar-refractivity contribution is 7.10. The van der Waals surface area contributed by atoms with Gasteiger partial charge in [0.05, 0.1) is 16.6 Å². The number of hydrogen-bond acceptors (Lipinski definition) is 8. The summed E-state index contributed by atoms with van der Waals surface area (Å²) in [5.41, 5.74) is -0.410. The summed E-state index contributed by atoms with van der Waals surface area (Å²) < 4.78 is 14.5. The van der Waals surface area contributed by atoms with Crippen LogP contribution in [-0.2, 0) is 4.79 Å². The van der Waals surface area contributed by atoms with Crippen molar-refractivity contribution in [3.05, 3.63) is 34.3 Å². The van der Waals surface area contributed by atoms with Crippen molar-refractivity contribution in [3.63, 3.8) is 0 Å². The molecule has 4 rings (SSSR count). The van der Waals surface area contributed by atoms with Crippen molar-refractivity contribution in [3.8, 4) is 11.8 Å². The fourth-order valence-electron chi connectivity index (χ4n) is 3.32. The zero-order valence-corrected chi connectivity index (χ0v) is 17.0. The number of aliphatic hydroxyl groups is 2. The number of halogens is 1. The normalized spacial score (nSPS) is 16.4. The number of imidazole rings is 1. The first-order valence-corrected chi connectivity index (χ1v) is 9.99. The Morgan fingerprint density at radius 1 is 1.30 bits per heavy atom. The van der Waals surface area contributed by atoms with Crippen molar-refractivity contribution in [2.24, 2.45) is 5.41 Å².